The van der Waals surface area contributed by atoms with Gasteiger partial charge < -0.3 is 20.0 Å². The van der Waals surface area contributed by atoms with Crippen LogP contribution >= 0.6 is 0 Å². The topological polar surface area (TPSA) is 96.7 Å². The second-order valence-corrected chi connectivity index (χ2v) is 15.7. The average Bonchev–Trinajstić information content (AvgIpc) is 3.69. The van der Waals surface area contributed by atoms with E-state index in [9.17, 15) is 14.7 Å². The summed E-state index contributed by atoms with van der Waals surface area (Å²) in [6.45, 7) is 9.22. The lowest BCUT2D eigenvalue weighted by Gasteiger charge is -2.53. The highest BCUT2D eigenvalue weighted by Crippen LogP contribution is 2.58. The van der Waals surface area contributed by atoms with E-state index in [1.165, 1.54) is 95.2 Å². The minimum atomic E-state index is -0.894. The maximum atomic E-state index is 11.4. The van der Waals surface area contributed by atoms with E-state index in [0.717, 1.165) is 50.2 Å². The molecule has 10 rings (SSSR count). The quantitative estimate of drug-likeness (QED) is 0.200. The van der Waals surface area contributed by atoms with Gasteiger partial charge in [0.1, 0.15) is 0 Å². The van der Waals surface area contributed by atoms with Crippen LogP contribution in [0.15, 0.2) is 85.0 Å². The molecule has 8 nitrogen and oxygen atoms in total. The van der Waals surface area contributed by atoms with Crippen LogP contribution < -0.4 is 5.73 Å². The van der Waals surface area contributed by atoms with Gasteiger partial charge in [-0.25, -0.2) is 4.79 Å². The van der Waals surface area contributed by atoms with Crippen LogP contribution in [0.1, 0.15) is 87.0 Å². The summed E-state index contributed by atoms with van der Waals surface area (Å²) in [4.78, 5) is 28.0. The lowest BCUT2D eigenvalue weighted by molar-refractivity contribution is -0.131. The number of hydrogen-bond donors (Lipinski definition) is 2. The minimum Gasteiger partial charge on any atom is -0.478 e. The Kier molecular flexibility index (Phi) is 7.97. The van der Waals surface area contributed by atoms with Gasteiger partial charge in [-0.3, -0.25) is 14.6 Å². The number of fused-ring (bicyclic) bond motifs is 6. The summed E-state index contributed by atoms with van der Waals surface area (Å²) in [5.74, 6) is -1.29. The first-order chi connectivity index (χ1) is 25.3. The summed E-state index contributed by atoms with van der Waals surface area (Å²) < 4.78 is 4.72. The summed E-state index contributed by atoms with van der Waals surface area (Å²) in [5, 5.41) is 11.9. The molecule has 2 aromatic heterocycles. The van der Waals surface area contributed by atoms with Crippen LogP contribution in [0.4, 0.5) is 0 Å². The van der Waals surface area contributed by atoms with E-state index in [1.54, 1.807) is 6.08 Å². The number of amides is 1. The number of allylic oxidation sites excluding steroid dienone is 4. The number of nitrogens with zero attached hydrogens (tertiary/aromatic N) is 4. The smallest absolute Gasteiger partial charge is 0.328 e. The van der Waals surface area contributed by atoms with Gasteiger partial charge in [0, 0.05) is 69.6 Å². The van der Waals surface area contributed by atoms with Crippen molar-refractivity contribution in [2.45, 2.75) is 77.3 Å². The van der Waals surface area contributed by atoms with Crippen LogP contribution in [0.3, 0.4) is 0 Å². The Balaban J connectivity index is 0.000000138. The van der Waals surface area contributed by atoms with E-state index >= 15 is 0 Å². The molecule has 0 radical (unpaired) electrons. The van der Waals surface area contributed by atoms with E-state index < -0.39 is 11.9 Å². The Morgan fingerprint density at radius 1 is 0.731 bits per heavy atom. The third-order valence-corrected chi connectivity index (χ3v) is 13.4. The molecule has 0 saturated carbocycles. The Morgan fingerprint density at radius 2 is 1.19 bits per heavy atom. The number of benzene rings is 2. The Hall–Kier alpha value is -4.66. The maximum absolute atomic E-state index is 11.4. The van der Waals surface area contributed by atoms with E-state index in [0.29, 0.717) is 12.1 Å². The van der Waals surface area contributed by atoms with E-state index in [1.807, 2.05) is 6.08 Å². The number of carboxylic acid groups (broad SMARTS) is 1. The molecule has 0 aliphatic carbocycles. The molecular formula is C44H49N5O3. The fraction of sp³-hybridized carbons (Fsp3) is 0.409. The van der Waals surface area contributed by atoms with Gasteiger partial charge in [-0.15, -0.1) is 0 Å². The third kappa shape index (κ3) is 4.87. The predicted octanol–water partition coefficient (Wildman–Crippen LogP) is 7.85. The second-order valence-electron chi connectivity index (χ2n) is 15.7. The number of primary amides is 1. The van der Waals surface area contributed by atoms with Crippen LogP contribution in [0.25, 0.3) is 33.2 Å². The van der Waals surface area contributed by atoms with Crippen LogP contribution in [0, 0.1) is 10.8 Å². The Morgan fingerprint density at radius 3 is 1.63 bits per heavy atom. The Bertz CT molecular complexity index is 2090. The van der Waals surface area contributed by atoms with Gasteiger partial charge in [0.2, 0.25) is 5.91 Å². The summed E-state index contributed by atoms with van der Waals surface area (Å²) in [7, 11) is 0. The number of carbonyl (C=O) groups excluding carboxylic acids is 1. The molecule has 8 heterocycles. The molecule has 0 spiro atoms. The average molecular weight is 696 g/mol. The Labute approximate surface area is 305 Å². The van der Waals surface area contributed by atoms with Crippen molar-refractivity contribution in [2.75, 3.05) is 26.2 Å². The van der Waals surface area contributed by atoms with Gasteiger partial charge in [-0.05, 0) is 99.9 Å². The number of piperidine rings is 2. The molecule has 268 valence electrons. The molecule has 2 fully saturated rings. The fourth-order valence-corrected chi connectivity index (χ4v) is 11.2. The zero-order valence-corrected chi connectivity index (χ0v) is 30.4. The molecule has 0 unspecified atom stereocenters. The summed E-state index contributed by atoms with van der Waals surface area (Å²) >= 11 is 0. The number of aliphatic carboxylic acids is 1. The molecule has 6 aliphatic rings. The number of para-hydroxylation sites is 2. The number of carboxylic acids is 1. The van der Waals surface area contributed by atoms with Gasteiger partial charge in [0.25, 0.3) is 0 Å². The molecule has 4 atom stereocenters. The lowest BCUT2D eigenvalue weighted by atomic mass is 9.66. The van der Waals surface area contributed by atoms with Crippen molar-refractivity contribution in [3.8, 4) is 0 Å². The van der Waals surface area contributed by atoms with Gasteiger partial charge in [-0.1, -0.05) is 62.4 Å². The normalized spacial score (nSPS) is 27.6. The van der Waals surface area contributed by atoms with Crippen LogP contribution in [-0.4, -0.2) is 62.1 Å². The number of nitrogens with two attached hydrogens (primary N) is 1. The van der Waals surface area contributed by atoms with Crippen molar-refractivity contribution in [1.29, 1.82) is 0 Å². The van der Waals surface area contributed by atoms with Crippen molar-refractivity contribution < 1.29 is 14.7 Å². The molecule has 52 heavy (non-hydrogen) atoms. The number of carbonyl (C=O) groups is 2. The van der Waals surface area contributed by atoms with E-state index in [-0.39, 0.29) is 10.8 Å². The largest absolute Gasteiger partial charge is 0.478 e. The second kappa shape index (κ2) is 12.5. The van der Waals surface area contributed by atoms with E-state index in [2.05, 4.69) is 93.5 Å². The van der Waals surface area contributed by atoms with Gasteiger partial charge in [0.15, 0.2) is 0 Å². The van der Waals surface area contributed by atoms with Crippen molar-refractivity contribution in [2.24, 2.45) is 16.6 Å². The summed E-state index contributed by atoms with van der Waals surface area (Å²) in [6.07, 6.45) is 20.5. The number of hydrogen-bond acceptors (Lipinski definition) is 4. The first kappa shape index (κ1) is 33.2. The molecule has 4 aromatic rings. The molecule has 8 heteroatoms. The number of rotatable bonds is 6. The first-order valence-corrected chi connectivity index (χ1v) is 19.4. The highest BCUT2D eigenvalue weighted by molar-refractivity contribution is 5.94. The predicted molar refractivity (Wildman–Crippen MR) is 207 cm³/mol. The molecular weight excluding hydrogens is 647 g/mol. The summed E-state index contributed by atoms with van der Waals surface area (Å²) in [6, 6.07) is 18.1. The summed E-state index contributed by atoms with van der Waals surface area (Å²) in [5.41, 5.74) is 16.1. The third-order valence-electron chi connectivity index (χ3n) is 13.4. The molecule has 0 bridgehead atoms. The monoisotopic (exact) mass is 695 g/mol. The lowest BCUT2D eigenvalue weighted by Crippen LogP contribution is -2.50. The fourth-order valence-electron chi connectivity index (χ4n) is 11.2. The standard InChI is InChI=1S/C22H25N3O.C22H24N2O2/c1-2-22-11-5-12-24-13-10-17-16-6-3-4-7-18(16)25(20(17)21(22)24)15(14-22)8-9-19(23)26;1-2-22-11-5-12-23-13-10-17-16-6-3-4-7-18(16)24(20(17)21(22)23)15(14-22)8-9-19(25)26/h3-4,6-9,14,21H,2,5,10-13H2,1H3,(H2,23,26);3-4,6-9,14,21H,2,5,10-13H2,1H3,(H,25,26)/b2*9-8+/t2*21-,22+/m11/s1. The van der Waals surface area contributed by atoms with Crippen molar-refractivity contribution >= 4 is 45.1 Å². The van der Waals surface area contributed by atoms with Gasteiger partial charge >= 0.3 is 5.97 Å². The van der Waals surface area contributed by atoms with Gasteiger partial charge in [0.05, 0.1) is 23.1 Å². The number of aromatic nitrogens is 2. The molecule has 6 aliphatic heterocycles. The van der Waals surface area contributed by atoms with Gasteiger partial charge in [-0.2, -0.15) is 0 Å². The molecule has 3 N–H and O–H groups in total. The van der Waals surface area contributed by atoms with E-state index in [4.69, 9.17) is 5.73 Å². The first-order valence-electron chi connectivity index (χ1n) is 19.4. The highest BCUT2D eigenvalue weighted by Gasteiger charge is 2.51. The highest BCUT2D eigenvalue weighted by atomic mass is 16.4. The molecule has 2 aromatic carbocycles. The molecule has 2 saturated heterocycles. The van der Waals surface area contributed by atoms with Crippen molar-refractivity contribution in [3.05, 3.63) is 108 Å². The minimum absolute atomic E-state index is 0.107. The zero-order valence-electron chi connectivity index (χ0n) is 30.4. The SMILES string of the molecule is CC[C@@]12C=C(/C=C/C(=O)O)n3c4c(c5ccccc53)CCN(CCC1)[C@H]42.CC[C@@]12C=C(/C=C/C(N)=O)n3c4c(c5ccccc53)CCN(CCC1)[C@H]42. The van der Waals surface area contributed by atoms with Crippen LogP contribution in [0.2, 0.25) is 0 Å². The zero-order chi connectivity index (χ0) is 35.8. The van der Waals surface area contributed by atoms with Crippen LogP contribution in [-0.2, 0) is 22.4 Å². The maximum Gasteiger partial charge on any atom is 0.328 e. The van der Waals surface area contributed by atoms with Crippen molar-refractivity contribution in [1.82, 2.24) is 18.9 Å². The van der Waals surface area contributed by atoms with Crippen LogP contribution in [0.5, 0.6) is 0 Å². The molecule has 1 amide bonds. The van der Waals surface area contributed by atoms with Crippen molar-refractivity contribution in [3.63, 3.8) is 0 Å².